The number of rotatable bonds is 5. The first-order valence-electron chi connectivity index (χ1n) is 12.8. The molecule has 0 radical (unpaired) electrons. The van der Waals surface area contributed by atoms with Gasteiger partial charge >= 0.3 is 0 Å². The van der Waals surface area contributed by atoms with E-state index in [-0.39, 0.29) is 0 Å². The molecule has 3 aromatic heterocycles. The first-order valence-corrected chi connectivity index (χ1v) is 14.8. The molecule has 0 saturated carbocycles. The van der Waals surface area contributed by atoms with Crippen LogP contribution in [0.25, 0.3) is 27.5 Å². The Balaban J connectivity index is 1.61. The lowest BCUT2D eigenvalue weighted by atomic mass is 10.1. The van der Waals surface area contributed by atoms with Gasteiger partial charge in [0.25, 0.3) is 0 Å². The van der Waals surface area contributed by atoms with Crippen LogP contribution in [0.5, 0.6) is 0 Å². The third kappa shape index (κ3) is 3.42. The average Bonchev–Trinajstić information content (AvgIpc) is 3.34. The fourth-order valence-corrected chi connectivity index (χ4v) is 10.2. The summed E-state index contributed by atoms with van der Waals surface area (Å²) in [7, 11) is -2.81. The van der Waals surface area contributed by atoms with Gasteiger partial charge in [0.2, 0.25) is 8.07 Å². The van der Waals surface area contributed by atoms with E-state index in [0.29, 0.717) is 0 Å². The van der Waals surface area contributed by atoms with Gasteiger partial charge < -0.3 is 4.57 Å². The highest BCUT2D eigenvalue weighted by Gasteiger charge is 2.44. The van der Waals surface area contributed by atoms with E-state index in [1.54, 1.807) is 0 Å². The molecule has 0 bridgehead atoms. The standard InChI is InChI=1S/C34H25N3Si/c1-3-13-26(14-4-1)37-31-18-8-7-17-29(31)30-25-28(21-22-32(30)37)38(27-15-5-2-6-16-27,33-19-9-11-23-35-33)34-20-10-12-24-36-34/h1-25H. The van der Waals surface area contributed by atoms with Crippen molar-refractivity contribution in [3.8, 4) is 5.69 Å². The molecule has 0 amide bonds. The molecule has 0 fully saturated rings. The van der Waals surface area contributed by atoms with E-state index in [0.717, 1.165) is 16.3 Å². The van der Waals surface area contributed by atoms with Crippen LogP contribution >= 0.6 is 0 Å². The summed E-state index contributed by atoms with van der Waals surface area (Å²) in [5.74, 6) is 0. The smallest absolute Gasteiger partial charge is 0.223 e. The van der Waals surface area contributed by atoms with E-state index in [1.807, 2.05) is 24.5 Å². The second-order valence-electron chi connectivity index (χ2n) is 9.47. The fraction of sp³-hybridized carbons (Fsp3) is 0. The van der Waals surface area contributed by atoms with Crippen LogP contribution in [0.15, 0.2) is 152 Å². The Kier molecular flexibility index (Phi) is 5.45. The number of aromatic nitrogens is 3. The lowest BCUT2D eigenvalue weighted by molar-refractivity contribution is 1.18. The predicted octanol–water partition coefficient (Wildman–Crippen LogP) is 4.95. The van der Waals surface area contributed by atoms with Crippen LogP contribution in [0, 0.1) is 0 Å². The number of nitrogens with zero attached hydrogens (tertiary/aromatic N) is 3. The molecular weight excluding hydrogens is 478 g/mol. The van der Waals surface area contributed by atoms with Gasteiger partial charge in [0.15, 0.2) is 0 Å². The molecule has 0 atom stereocenters. The average molecular weight is 504 g/mol. The summed E-state index contributed by atoms with van der Waals surface area (Å²) in [4.78, 5) is 9.98. The summed E-state index contributed by atoms with van der Waals surface area (Å²) in [6, 6.07) is 49.6. The zero-order valence-corrected chi connectivity index (χ0v) is 21.8. The zero-order chi connectivity index (χ0) is 25.4. The van der Waals surface area contributed by atoms with E-state index in [4.69, 9.17) is 9.97 Å². The van der Waals surface area contributed by atoms with Crippen LogP contribution in [0.1, 0.15) is 0 Å². The van der Waals surface area contributed by atoms with E-state index >= 15 is 0 Å². The van der Waals surface area contributed by atoms with E-state index in [9.17, 15) is 0 Å². The van der Waals surface area contributed by atoms with Gasteiger partial charge in [0.05, 0.1) is 11.0 Å². The molecule has 38 heavy (non-hydrogen) atoms. The summed E-state index contributed by atoms with van der Waals surface area (Å²) in [5, 5.41) is 7.17. The van der Waals surface area contributed by atoms with Crippen molar-refractivity contribution in [2.45, 2.75) is 0 Å². The van der Waals surface area contributed by atoms with E-state index in [2.05, 4.69) is 132 Å². The maximum atomic E-state index is 4.99. The quantitative estimate of drug-likeness (QED) is 0.311. The van der Waals surface area contributed by atoms with Gasteiger partial charge in [-0.1, -0.05) is 91.0 Å². The number of fused-ring (bicyclic) bond motifs is 3. The van der Waals surface area contributed by atoms with Gasteiger partial charge in [-0.25, -0.2) is 0 Å². The maximum Gasteiger partial charge on any atom is 0.223 e. The second kappa shape index (κ2) is 9.25. The summed E-state index contributed by atoms with van der Waals surface area (Å²) in [6.45, 7) is 0. The minimum absolute atomic E-state index is 1.08. The molecule has 3 heterocycles. The van der Waals surface area contributed by atoms with Crippen LogP contribution < -0.4 is 21.0 Å². The molecule has 4 heteroatoms. The van der Waals surface area contributed by atoms with Crippen molar-refractivity contribution in [3.63, 3.8) is 0 Å². The minimum atomic E-state index is -2.81. The molecule has 0 aliphatic carbocycles. The lowest BCUT2D eigenvalue weighted by Gasteiger charge is -2.32. The molecule has 7 aromatic rings. The highest BCUT2D eigenvalue weighted by Crippen LogP contribution is 2.31. The first-order chi connectivity index (χ1) is 18.9. The van der Waals surface area contributed by atoms with Crippen LogP contribution in [-0.4, -0.2) is 22.6 Å². The summed E-state index contributed by atoms with van der Waals surface area (Å²) >= 11 is 0. The molecule has 0 saturated heterocycles. The molecule has 0 unspecified atom stereocenters. The van der Waals surface area contributed by atoms with Gasteiger partial charge in [0.1, 0.15) is 0 Å². The minimum Gasteiger partial charge on any atom is -0.309 e. The zero-order valence-electron chi connectivity index (χ0n) is 20.8. The molecule has 0 aliphatic rings. The molecule has 0 spiro atoms. The second-order valence-corrected chi connectivity index (χ2v) is 13.1. The topological polar surface area (TPSA) is 30.7 Å². The molecule has 4 aromatic carbocycles. The highest BCUT2D eigenvalue weighted by atomic mass is 28.3. The highest BCUT2D eigenvalue weighted by molar-refractivity contribution is 7.19. The number of para-hydroxylation sites is 2. The van der Waals surface area contributed by atoms with Crippen molar-refractivity contribution < 1.29 is 0 Å². The van der Waals surface area contributed by atoms with Crippen molar-refractivity contribution in [2.75, 3.05) is 0 Å². The SMILES string of the molecule is c1ccc(-n2c3ccccc3c3cc([Si](c4ccccc4)(c4ccccn4)c4ccccn4)ccc32)cc1. The molecular formula is C34H25N3Si. The number of benzene rings is 4. The Morgan fingerprint density at radius 1 is 0.447 bits per heavy atom. The van der Waals surface area contributed by atoms with Crippen LogP contribution in [0.3, 0.4) is 0 Å². The first kappa shape index (κ1) is 22.4. The van der Waals surface area contributed by atoms with Crippen molar-refractivity contribution in [3.05, 3.63) is 152 Å². The van der Waals surface area contributed by atoms with Crippen LogP contribution in [0.4, 0.5) is 0 Å². The van der Waals surface area contributed by atoms with Crippen molar-refractivity contribution >= 4 is 50.9 Å². The fourth-order valence-electron chi connectivity index (χ4n) is 5.81. The molecule has 3 nitrogen and oxygen atoms in total. The lowest BCUT2D eigenvalue weighted by Crippen LogP contribution is -2.76. The van der Waals surface area contributed by atoms with Gasteiger partial charge in [-0.15, -0.1) is 0 Å². The Morgan fingerprint density at radius 2 is 1.03 bits per heavy atom. The predicted molar refractivity (Wildman–Crippen MR) is 160 cm³/mol. The largest absolute Gasteiger partial charge is 0.309 e. The third-order valence-corrected chi connectivity index (χ3v) is 11.9. The van der Waals surface area contributed by atoms with Gasteiger partial charge in [-0.05, 0) is 58.9 Å². The van der Waals surface area contributed by atoms with Gasteiger partial charge in [0, 0.05) is 39.5 Å². The number of hydrogen-bond donors (Lipinski definition) is 0. The Labute approximate surface area is 222 Å². The molecule has 0 aliphatic heterocycles. The Bertz CT molecular complexity index is 1750. The number of pyridine rings is 2. The van der Waals surface area contributed by atoms with Crippen molar-refractivity contribution in [1.82, 2.24) is 14.5 Å². The maximum absolute atomic E-state index is 4.99. The van der Waals surface area contributed by atoms with Gasteiger partial charge in [-0.3, -0.25) is 9.97 Å². The Morgan fingerprint density at radius 3 is 1.68 bits per heavy atom. The van der Waals surface area contributed by atoms with Crippen molar-refractivity contribution in [2.24, 2.45) is 0 Å². The summed E-state index contributed by atoms with van der Waals surface area (Å²) in [5.41, 5.74) is 3.56. The van der Waals surface area contributed by atoms with Crippen LogP contribution in [0.2, 0.25) is 0 Å². The van der Waals surface area contributed by atoms with Crippen molar-refractivity contribution in [1.29, 1.82) is 0 Å². The summed E-state index contributed by atoms with van der Waals surface area (Å²) in [6.07, 6.45) is 3.81. The van der Waals surface area contributed by atoms with Crippen LogP contribution in [-0.2, 0) is 0 Å². The normalized spacial score (nSPS) is 11.7. The molecule has 0 N–H and O–H groups in total. The summed E-state index contributed by atoms with van der Waals surface area (Å²) < 4.78 is 2.36. The Hall–Kier alpha value is -4.80. The molecule has 180 valence electrons. The molecule has 7 rings (SSSR count). The monoisotopic (exact) mass is 503 g/mol. The van der Waals surface area contributed by atoms with Gasteiger partial charge in [-0.2, -0.15) is 0 Å². The van der Waals surface area contributed by atoms with E-state index in [1.165, 1.54) is 32.2 Å². The number of hydrogen-bond acceptors (Lipinski definition) is 2. The third-order valence-electron chi connectivity index (χ3n) is 7.42. The van der Waals surface area contributed by atoms with E-state index < -0.39 is 8.07 Å².